The molecule has 1 aromatic rings. The lowest BCUT2D eigenvalue weighted by molar-refractivity contribution is -0.385. The van der Waals surface area contributed by atoms with Crippen LogP contribution in [0.4, 0.5) is 5.69 Å². The van der Waals surface area contributed by atoms with Crippen molar-refractivity contribution in [2.24, 2.45) is 5.73 Å². The van der Waals surface area contributed by atoms with Gasteiger partial charge in [-0.15, -0.1) is 12.4 Å². The van der Waals surface area contributed by atoms with Crippen molar-refractivity contribution in [3.05, 3.63) is 34.1 Å². The Morgan fingerprint density at radius 2 is 2.31 bits per heavy atom. The van der Waals surface area contributed by atoms with Crippen LogP contribution >= 0.6 is 12.4 Å². The largest absolute Gasteiger partial charge is 0.349 e. The minimum Gasteiger partial charge on any atom is -0.349 e. The summed E-state index contributed by atoms with van der Waals surface area (Å²) in [6, 6.07) is 2.34. The van der Waals surface area contributed by atoms with Crippen LogP contribution in [0.1, 0.15) is 10.5 Å². The molecule has 88 valence electrons. The number of rotatable bonds is 4. The molecular formula is C8H11ClN4O3. The van der Waals surface area contributed by atoms with Gasteiger partial charge in [-0.1, -0.05) is 0 Å². The molecule has 0 saturated heterocycles. The second-order valence-electron chi connectivity index (χ2n) is 2.70. The number of carbonyl (C=O) groups is 1. The van der Waals surface area contributed by atoms with E-state index in [1.807, 2.05) is 0 Å². The number of nitrogens with two attached hydrogens (primary N) is 1. The predicted octanol–water partition coefficient (Wildman–Crippen LogP) is 0.100. The molecule has 1 rings (SSSR count). The fourth-order valence-corrected chi connectivity index (χ4v) is 0.933. The molecule has 0 radical (unpaired) electrons. The van der Waals surface area contributed by atoms with Crippen molar-refractivity contribution in [3.63, 3.8) is 0 Å². The van der Waals surface area contributed by atoms with Crippen molar-refractivity contribution in [2.45, 2.75) is 0 Å². The molecular weight excluding hydrogens is 236 g/mol. The van der Waals surface area contributed by atoms with Crippen LogP contribution in [0.15, 0.2) is 18.3 Å². The standard InChI is InChI=1S/C8H10N4O3.ClH/c9-2-4-11-8(13)7-5-6(12(14)15)1-3-10-7;/h1,3,5H,2,4,9H2,(H,11,13);1H. The number of hydrogen-bond donors (Lipinski definition) is 2. The van der Waals surface area contributed by atoms with Crippen molar-refractivity contribution in [1.29, 1.82) is 0 Å². The monoisotopic (exact) mass is 246 g/mol. The molecule has 1 aromatic heterocycles. The first-order valence-electron chi connectivity index (χ1n) is 4.24. The van der Waals surface area contributed by atoms with Gasteiger partial charge in [0.2, 0.25) is 0 Å². The van der Waals surface area contributed by atoms with E-state index in [1.54, 1.807) is 0 Å². The molecule has 0 unspecified atom stereocenters. The smallest absolute Gasteiger partial charge is 0.273 e. The summed E-state index contributed by atoms with van der Waals surface area (Å²) in [5, 5.41) is 12.9. The lowest BCUT2D eigenvalue weighted by Gasteiger charge is -2.01. The second kappa shape index (κ2) is 6.70. The van der Waals surface area contributed by atoms with Crippen molar-refractivity contribution >= 4 is 24.0 Å². The van der Waals surface area contributed by atoms with Gasteiger partial charge < -0.3 is 11.1 Å². The van der Waals surface area contributed by atoms with Gasteiger partial charge in [0.05, 0.1) is 4.92 Å². The Bertz CT molecular complexity index is 385. The number of halogens is 1. The van der Waals surface area contributed by atoms with Crippen molar-refractivity contribution in [1.82, 2.24) is 10.3 Å². The quantitative estimate of drug-likeness (QED) is 0.578. The highest BCUT2D eigenvalue weighted by Gasteiger charge is 2.11. The topological polar surface area (TPSA) is 111 Å². The van der Waals surface area contributed by atoms with Crippen molar-refractivity contribution in [3.8, 4) is 0 Å². The number of amides is 1. The van der Waals surface area contributed by atoms with Crippen LogP contribution in [0, 0.1) is 10.1 Å². The Hall–Kier alpha value is -1.73. The van der Waals surface area contributed by atoms with Gasteiger partial charge in [-0.3, -0.25) is 19.9 Å². The first-order valence-corrected chi connectivity index (χ1v) is 4.24. The molecule has 0 saturated carbocycles. The SMILES string of the molecule is Cl.NCCNC(=O)c1cc([N+](=O)[O-])ccn1. The molecule has 1 amide bonds. The van der Waals surface area contributed by atoms with E-state index >= 15 is 0 Å². The molecule has 1 heterocycles. The van der Waals surface area contributed by atoms with Gasteiger partial charge >= 0.3 is 0 Å². The van der Waals surface area contributed by atoms with Crippen molar-refractivity contribution < 1.29 is 9.72 Å². The maximum atomic E-state index is 11.3. The van der Waals surface area contributed by atoms with Crippen LogP contribution in [-0.2, 0) is 0 Å². The third kappa shape index (κ3) is 3.79. The highest BCUT2D eigenvalue weighted by atomic mass is 35.5. The summed E-state index contributed by atoms with van der Waals surface area (Å²) >= 11 is 0. The Labute approximate surface area is 97.6 Å². The number of nitro groups is 1. The van der Waals surface area contributed by atoms with Gasteiger partial charge in [-0.2, -0.15) is 0 Å². The number of pyridine rings is 1. The summed E-state index contributed by atoms with van der Waals surface area (Å²) in [5.74, 6) is -0.468. The lowest BCUT2D eigenvalue weighted by atomic mass is 10.3. The summed E-state index contributed by atoms with van der Waals surface area (Å²) in [5.41, 5.74) is 5.04. The molecule has 0 aromatic carbocycles. The Morgan fingerprint density at radius 3 is 2.88 bits per heavy atom. The zero-order chi connectivity index (χ0) is 11.3. The molecule has 0 fully saturated rings. The van der Waals surface area contributed by atoms with E-state index in [0.29, 0.717) is 13.1 Å². The molecule has 0 atom stereocenters. The molecule has 0 aliphatic carbocycles. The lowest BCUT2D eigenvalue weighted by Crippen LogP contribution is -2.29. The summed E-state index contributed by atoms with van der Waals surface area (Å²) in [7, 11) is 0. The van der Waals surface area contributed by atoms with Gasteiger partial charge in [0.25, 0.3) is 11.6 Å². The third-order valence-corrected chi connectivity index (χ3v) is 1.62. The van der Waals surface area contributed by atoms with Gasteiger partial charge in [0, 0.05) is 31.4 Å². The summed E-state index contributed by atoms with van der Waals surface area (Å²) in [6.45, 7) is 0.615. The molecule has 8 heteroatoms. The first-order chi connectivity index (χ1) is 7.15. The molecule has 0 bridgehead atoms. The molecule has 7 nitrogen and oxygen atoms in total. The number of carbonyl (C=O) groups excluding carboxylic acids is 1. The zero-order valence-electron chi connectivity index (χ0n) is 8.25. The number of aromatic nitrogens is 1. The summed E-state index contributed by atoms with van der Waals surface area (Å²) in [6.07, 6.45) is 1.22. The molecule has 3 N–H and O–H groups in total. The van der Waals surface area contributed by atoms with Crippen LogP contribution in [0.3, 0.4) is 0 Å². The van der Waals surface area contributed by atoms with Gasteiger partial charge in [0.1, 0.15) is 5.69 Å². The van der Waals surface area contributed by atoms with E-state index in [2.05, 4.69) is 10.3 Å². The van der Waals surface area contributed by atoms with E-state index in [4.69, 9.17) is 5.73 Å². The number of nitrogens with one attached hydrogen (secondary N) is 1. The minimum absolute atomic E-state index is 0. The normalized spacial score (nSPS) is 9.06. The highest BCUT2D eigenvalue weighted by molar-refractivity contribution is 5.92. The Morgan fingerprint density at radius 1 is 1.62 bits per heavy atom. The number of nitrogens with zero attached hydrogens (tertiary/aromatic N) is 2. The maximum absolute atomic E-state index is 11.3. The first kappa shape index (κ1) is 14.3. The van der Waals surface area contributed by atoms with Crippen LogP contribution in [0.25, 0.3) is 0 Å². The average Bonchev–Trinajstić information content (AvgIpc) is 2.26. The Kier molecular flexibility index (Phi) is 5.97. The van der Waals surface area contributed by atoms with Crippen LogP contribution in [0.2, 0.25) is 0 Å². The average molecular weight is 247 g/mol. The van der Waals surface area contributed by atoms with E-state index in [0.717, 1.165) is 6.07 Å². The maximum Gasteiger partial charge on any atom is 0.273 e. The van der Waals surface area contributed by atoms with Crippen LogP contribution in [0.5, 0.6) is 0 Å². The zero-order valence-corrected chi connectivity index (χ0v) is 9.07. The third-order valence-electron chi connectivity index (χ3n) is 1.62. The molecule has 0 aliphatic heterocycles. The molecule has 0 aliphatic rings. The van der Waals surface area contributed by atoms with E-state index in [1.165, 1.54) is 12.3 Å². The minimum atomic E-state index is -0.582. The van der Waals surface area contributed by atoms with Crippen molar-refractivity contribution in [2.75, 3.05) is 13.1 Å². The predicted molar refractivity (Wildman–Crippen MR) is 59.5 cm³/mol. The fourth-order valence-electron chi connectivity index (χ4n) is 0.933. The van der Waals surface area contributed by atoms with Gasteiger partial charge in [-0.05, 0) is 0 Å². The van der Waals surface area contributed by atoms with Crippen LogP contribution in [-0.4, -0.2) is 28.9 Å². The van der Waals surface area contributed by atoms with E-state index in [-0.39, 0.29) is 23.8 Å². The van der Waals surface area contributed by atoms with E-state index < -0.39 is 10.8 Å². The Balaban J connectivity index is 0.00000225. The van der Waals surface area contributed by atoms with E-state index in [9.17, 15) is 14.9 Å². The summed E-state index contributed by atoms with van der Waals surface area (Å²) in [4.78, 5) is 24.9. The summed E-state index contributed by atoms with van der Waals surface area (Å²) < 4.78 is 0. The molecule has 0 spiro atoms. The highest BCUT2D eigenvalue weighted by Crippen LogP contribution is 2.10. The fraction of sp³-hybridized carbons (Fsp3) is 0.250. The number of hydrogen-bond acceptors (Lipinski definition) is 5. The van der Waals surface area contributed by atoms with Crippen LogP contribution < -0.4 is 11.1 Å². The second-order valence-corrected chi connectivity index (χ2v) is 2.70. The van der Waals surface area contributed by atoms with Gasteiger partial charge in [-0.25, -0.2) is 0 Å². The van der Waals surface area contributed by atoms with Gasteiger partial charge in [0.15, 0.2) is 0 Å². The molecule has 16 heavy (non-hydrogen) atoms.